The van der Waals surface area contributed by atoms with E-state index in [2.05, 4.69) is 20.6 Å². The second-order valence-corrected chi connectivity index (χ2v) is 7.09. The van der Waals surface area contributed by atoms with E-state index in [0.29, 0.717) is 17.5 Å². The highest BCUT2D eigenvalue weighted by Gasteiger charge is 2.19. The van der Waals surface area contributed by atoms with Crippen LogP contribution in [0.15, 0.2) is 30.7 Å². The van der Waals surface area contributed by atoms with E-state index in [1.807, 2.05) is 31.5 Å². The summed E-state index contributed by atoms with van der Waals surface area (Å²) in [7, 11) is 0. The summed E-state index contributed by atoms with van der Waals surface area (Å²) in [6, 6.07) is 3.90. The fourth-order valence-corrected chi connectivity index (χ4v) is 3.87. The number of nitrogens with one attached hydrogen (secondary N) is 2. The summed E-state index contributed by atoms with van der Waals surface area (Å²) >= 11 is 1.61. The lowest BCUT2D eigenvalue weighted by molar-refractivity contribution is -0.116. The predicted octanol–water partition coefficient (Wildman–Crippen LogP) is 3.14. The van der Waals surface area contributed by atoms with Crippen LogP contribution in [0.5, 0.6) is 0 Å². The first-order valence-corrected chi connectivity index (χ1v) is 8.90. The number of amides is 1. The molecule has 1 atom stereocenters. The number of anilines is 1. The number of hydrogen-bond acceptors (Lipinski definition) is 5. The minimum absolute atomic E-state index is 0.00700. The molecule has 2 N–H and O–H groups in total. The molecule has 23 heavy (non-hydrogen) atoms. The molecular formula is C17H22N4OS. The highest BCUT2D eigenvalue weighted by atomic mass is 32.1. The van der Waals surface area contributed by atoms with Gasteiger partial charge in [0.05, 0.1) is 0 Å². The van der Waals surface area contributed by atoms with E-state index in [9.17, 15) is 4.79 Å². The van der Waals surface area contributed by atoms with Crippen LogP contribution < -0.4 is 10.6 Å². The maximum Gasteiger partial charge on any atom is 0.226 e. The van der Waals surface area contributed by atoms with Crippen molar-refractivity contribution in [1.29, 1.82) is 0 Å². The molecule has 0 aromatic carbocycles. The molecule has 0 aliphatic carbocycles. The number of rotatable bonds is 5. The molecule has 2 aromatic rings. The number of carbonyl (C=O) groups excluding carboxylic acids is 1. The van der Waals surface area contributed by atoms with E-state index < -0.39 is 0 Å². The summed E-state index contributed by atoms with van der Waals surface area (Å²) in [5.74, 6) is 0.730. The number of aromatic nitrogens is 2. The van der Waals surface area contributed by atoms with Gasteiger partial charge in [0.25, 0.3) is 0 Å². The summed E-state index contributed by atoms with van der Waals surface area (Å²) < 4.78 is 0. The molecule has 1 fully saturated rings. The van der Waals surface area contributed by atoms with E-state index in [-0.39, 0.29) is 11.8 Å². The Labute approximate surface area is 140 Å². The molecule has 3 heterocycles. The topological polar surface area (TPSA) is 66.9 Å². The van der Waals surface area contributed by atoms with Gasteiger partial charge in [0.2, 0.25) is 5.91 Å². The van der Waals surface area contributed by atoms with Crippen LogP contribution in [0.4, 0.5) is 5.13 Å². The molecule has 0 spiro atoms. The van der Waals surface area contributed by atoms with Crippen LogP contribution in [-0.2, 0) is 4.79 Å². The lowest BCUT2D eigenvalue weighted by atomic mass is 9.97. The average Bonchev–Trinajstić information content (AvgIpc) is 3.04. The first-order valence-electron chi connectivity index (χ1n) is 8.08. The summed E-state index contributed by atoms with van der Waals surface area (Å²) in [5, 5.41) is 7.01. The van der Waals surface area contributed by atoms with Gasteiger partial charge in [0.1, 0.15) is 0 Å². The molecule has 0 saturated carbocycles. The summed E-state index contributed by atoms with van der Waals surface area (Å²) in [5.41, 5.74) is 1.08. The molecule has 1 saturated heterocycles. The van der Waals surface area contributed by atoms with Crippen LogP contribution in [0.3, 0.4) is 0 Å². The van der Waals surface area contributed by atoms with Gasteiger partial charge in [-0.05, 0) is 49.4 Å². The maximum absolute atomic E-state index is 12.2. The van der Waals surface area contributed by atoms with E-state index >= 15 is 0 Å². The first kappa shape index (κ1) is 16.1. The molecule has 1 unspecified atom stereocenters. The van der Waals surface area contributed by atoms with Gasteiger partial charge in [0.15, 0.2) is 5.13 Å². The maximum atomic E-state index is 12.2. The minimum Gasteiger partial charge on any atom is -0.317 e. The number of thiazole rings is 1. The van der Waals surface area contributed by atoms with Crippen LogP contribution in [0, 0.1) is 0 Å². The van der Waals surface area contributed by atoms with Gasteiger partial charge >= 0.3 is 0 Å². The second kappa shape index (κ2) is 7.66. The van der Waals surface area contributed by atoms with Crippen molar-refractivity contribution in [1.82, 2.24) is 15.3 Å². The number of pyridine rings is 1. The van der Waals surface area contributed by atoms with Crippen LogP contribution in [0.2, 0.25) is 0 Å². The van der Waals surface area contributed by atoms with Crippen molar-refractivity contribution in [2.24, 2.45) is 0 Å². The zero-order valence-corrected chi connectivity index (χ0v) is 14.1. The van der Waals surface area contributed by atoms with Crippen molar-refractivity contribution >= 4 is 22.4 Å². The fraction of sp³-hybridized carbons (Fsp3) is 0.471. The highest BCUT2D eigenvalue weighted by Crippen LogP contribution is 2.31. The Morgan fingerprint density at radius 2 is 2.26 bits per heavy atom. The van der Waals surface area contributed by atoms with Gasteiger partial charge in [0, 0.05) is 29.9 Å². The molecule has 2 aromatic heterocycles. The number of hydrogen-bond donors (Lipinski definition) is 2. The number of nitrogens with zero attached hydrogens (tertiary/aromatic N) is 2. The molecule has 1 amide bonds. The third-order valence-electron chi connectivity index (χ3n) is 4.26. The highest BCUT2D eigenvalue weighted by molar-refractivity contribution is 7.15. The van der Waals surface area contributed by atoms with E-state index in [1.165, 1.54) is 4.88 Å². The van der Waals surface area contributed by atoms with Gasteiger partial charge in [-0.1, -0.05) is 13.0 Å². The first-order chi connectivity index (χ1) is 11.2. The fourth-order valence-electron chi connectivity index (χ4n) is 2.87. The standard InChI is InChI=1S/C17H22N4OS/c1-12(14-3-2-6-19-10-14)9-16(22)21-17-20-11-15(23-17)13-4-7-18-8-5-13/h2-3,6,10-13,18H,4-5,7-9H2,1H3,(H,20,21,22). The van der Waals surface area contributed by atoms with Gasteiger partial charge in [-0.15, -0.1) is 11.3 Å². The Bertz CT molecular complexity index is 637. The molecule has 3 rings (SSSR count). The molecule has 122 valence electrons. The molecule has 1 aliphatic heterocycles. The van der Waals surface area contributed by atoms with E-state index in [1.54, 1.807) is 17.5 Å². The largest absolute Gasteiger partial charge is 0.317 e. The Kier molecular flexibility index (Phi) is 5.35. The monoisotopic (exact) mass is 330 g/mol. The molecule has 5 nitrogen and oxygen atoms in total. The Morgan fingerprint density at radius 1 is 1.43 bits per heavy atom. The minimum atomic E-state index is 0.00700. The second-order valence-electron chi connectivity index (χ2n) is 6.03. The van der Waals surface area contributed by atoms with Crippen molar-refractivity contribution in [3.05, 3.63) is 41.2 Å². The van der Waals surface area contributed by atoms with Crippen LogP contribution in [0.1, 0.15) is 48.5 Å². The van der Waals surface area contributed by atoms with Crippen molar-refractivity contribution in [3.8, 4) is 0 Å². The SMILES string of the molecule is CC(CC(=O)Nc1ncc(C2CCNCC2)s1)c1cccnc1. The van der Waals surface area contributed by atoms with E-state index in [0.717, 1.165) is 31.5 Å². The Hall–Kier alpha value is -1.79. The van der Waals surface area contributed by atoms with Crippen LogP contribution in [-0.4, -0.2) is 29.0 Å². The zero-order valence-electron chi connectivity index (χ0n) is 13.3. The molecule has 1 aliphatic rings. The van der Waals surface area contributed by atoms with Crippen molar-refractivity contribution in [2.45, 2.75) is 38.0 Å². The third-order valence-corrected chi connectivity index (χ3v) is 5.33. The lowest BCUT2D eigenvalue weighted by Gasteiger charge is -2.20. The van der Waals surface area contributed by atoms with Crippen LogP contribution in [0.25, 0.3) is 0 Å². The van der Waals surface area contributed by atoms with Crippen LogP contribution >= 0.6 is 11.3 Å². The molecule has 0 bridgehead atoms. The number of carbonyl (C=O) groups is 1. The normalized spacial score (nSPS) is 16.9. The van der Waals surface area contributed by atoms with Gasteiger partial charge in [-0.2, -0.15) is 0 Å². The van der Waals surface area contributed by atoms with Gasteiger partial charge in [-0.25, -0.2) is 4.98 Å². The summed E-state index contributed by atoms with van der Waals surface area (Å²) in [6.07, 6.45) is 8.21. The molecule has 6 heteroatoms. The Morgan fingerprint density at radius 3 is 3.00 bits per heavy atom. The lowest BCUT2D eigenvalue weighted by Crippen LogP contribution is -2.26. The third kappa shape index (κ3) is 4.36. The zero-order chi connectivity index (χ0) is 16.1. The summed E-state index contributed by atoms with van der Waals surface area (Å²) in [6.45, 7) is 4.17. The van der Waals surface area contributed by atoms with Crippen molar-refractivity contribution < 1.29 is 4.79 Å². The average molecular weight is 330 g/mol. The van der Waals surface area contributed by atoms with E-state index in [4.69, 9.17) is 0 Å². The quantitative estimate of drug-likeness (QED) is 0.884. The predicted molar refractivity (Wildman–Crippen MR) is 92.9 cm³/mol. The smallest absolute Gasteiger partial charge is 0.226 e. The molecular weight excluding hydrogens is 308 g/mol. The summed E-state index contributed by atoms with van der Waals surface area (Å²) in [4.78, 5) is 22.0. The van der Waals surface area contributed by atoms with Crippen molar-refractivity contribution in [2.75, 3.05) is 18.4 Å². The van der Waals surface area contributed by atoms with Gasteiger partial charge in [-0.3, -0.25) is 9.78 Å². The van der Waals surface area contributed by atoms with Gasteiger partial charge < -0.3 is 10.6 Å². The number of piperidine rings is 1. The van der Waals surface area contributed by atoms with Crippen molar-refractivity contribution in [3.63, 3.8) is 0 Å². The molecule has 0 radical (unpaired) electrons. The Balaban J connectivity index is 1.54.